The van der Waals surface area contributed by atoms with Gasteiger partial charge in [-0.05, 0) is 18.8 Å². The van der Waals surface area contributed by atoms with Gasteiger partial charge in [-0.3, -0.25) is 0 Å². The average Bonchev–Trinajstić information content (AvgIpc) is 2.31. The van der Waals surface area contributed by atoms with Crippen LogP contribution in [-0.4, -0.2) is 31.1 Å². The van der Waals surface area contributed by atoms with Gasteiger partial charge >= 0.3 is 0 Å². The van der Waals surface area contributed by atoms with E-state index in [0.29, 0.717) is 6.42 Å². The van der Waals surface area contributed by atoms with Gasteiger partial charge in [0.25, 0.3) is 0 Å². The molecule has 0 saturated carbocycles. The van der Waals surface area contributed by atoms with E-state index in [9.17, 15) is 13.5 Å². The molecule has 1 heterocycles. The Morgan fingerprint density at radius 2 is 2.25 bits per heavy atom. The molecule has 3 nitrogen and oxygen atoms in total. The zero-order valence-electron chi connectivity index (χ0n) is 7.36. The van der Waals surface area contributed by atoms with E-state index in [-0.39, 0.29) is 17.4 Å². The van der Waals surface area contributed by atoms with E-state index in [4.69, 9.17) is 0 Å². The highest BCUT2D eigenvalue weighted by atomic mass is 32.2. The summed E-state index contributed by atoms with van der Waals surface area (Å²) in [6.07, 6.45) is 1.87. The van der Waals surface area contributed by atoms with Gasteiger partial charge in [0.2, 0.25) is 0 Å². The summed E-state index contributed by atoms with van der Waals surface area (Å²) in [6.45, 7) is 1.99. The van der Waals surface area contributed by atoms with Crippen LogP contribution in [0.4, 0.5) is 0 Å². The molecular formula is C8H16O3S. The van der Waals surface area contributed by atoms with Gasteiger partial charge < -0.3 is 5.11 Å². The Morgan fingerprint density at radius 1 is 1.58 bits per heavy atom. The third kappa shape index (κ3) is 2.45. The molecule has 1 fully saturated rings. The summed E-state index contributed by atoms with van der Waals surface area (Å²) in [7, 11) is -2.82. The smallest absolute Gasteiger partial charge is 0.150 e. The fourth-order valence-corrected chi connectivity index (χ4v) is 3.53. The van der Waals surface area contributed by atoms with Crippen molar-refractivity contribution < 1.29 is 13.5 Å². The summed E-state index contributed by atoms with van der Waals surface area (Å²) in [5.74, 6) is 0.446. The van der Waals surface area contributed by atoms with E-state index in [1.165, 1.54) is 0 Å². The van der Waals surface area contributed by atoms with Crippen molar-refractivity contribution in [3.63, 3.8) is 0 Å². The molecule has 1 N–H and O–H groups in total. The lowest BCUT2D eigenvalue weighted by molar-refractivity contribution is 0.110. The minimum atomic E-state index is -2.82. The maximum absolute atomic E-state index is 11.0. The second-order valence-corrected chi connectivity index (χ2v) is 5.75. The van der Waals surface area contributed by atoms with Crippen molar-refractivity contribution in [2.24, 2.45) is 5.92 Å². The normalized spacial score (nSPS) is 30.3. The van der Waals surface area contributed by atoms with Crippen molar-refractivity contribution in [2.45, 2.75) is 32.3 Å². The Morgan fingerprint density at radius 3 is 2.67 bits per heavy atom. The van der Waals surface area contributed by atoms with Gasteiger partial charge in [-0.15, -0.1) is 0 Å². The third-order valence-electron chi connectivity index (χ3n) is 2.40. The lowest BCUT2D eigenvalue weighted by atomic mass is 9.98. The van der Waals surface area contributed by atoms with Crippen LogP contribution in [0, 0.1) is 5.92 Å². The number of aliphatic hydroxyl groups is 1. The van der Waals surface area contributed by atoms with E-state index in [1.807, 2.05) is 6.92 Å². The summed E-state index contributed by atoms with van der Waals surface area (Å²) >= 11 is 0. The van der Waals surface area contributed by atoms with Crippen LogP contribution >= 0.6 is 0 Å². The quantitative estimate of drug-likeness (QED) is 0.711. The second-order valence-electron chi connectivity index (χ2n) is 3.52. The maximum Gasteiger partial charge on any atom is 0.150 e. The van der Waals surface area contributed by atoms with Crippen LogP contribution in [0.25, 0.3) is 0 Å². The van der Waals surface area contributed by atoms with Crippen molar-refractivity contribution in [3.05, 3.63) is 0 Å². The first-order chi connectivity index (χ1) is 5.55. The van der Waals surface area contributed by atoms with E-state index in [1.54, 1.807) is 0 Å². The Labute approximate surface area is 73.7 Å². The number of hydrogen-bond acceptors (Lipinski definition) is 3. The van der Waals surface area contributed by atoms with Crippen LogP contribution in [0.5, 0.6) is 0 Å². The van der Waals surface area contributed by atoms with Crippen molar-refractivity contribution in [3.8, 4) is 0 Å². The van der Waals surface area contributed by atoms with Gasteiger partial charge in [0.1, 0.15) is 0 Å². The minimum Gasteiger partial charge on any atom is -0.393 e. The summed E-state index contributed by atoms with van der Waals surface area (Å²) in [4.78, 5) is 0. The first-order valence-electron chi connectivity index (χ1n) is 4.43. The first kappa shape index (κ1) is 9.99. The predicted molar refractivity (Wildman–Crippen MR) is 47.7 cm³/mol. The predicted octanol–water partition coefficient (Wildman–Crippen LogP) is 0.582. The zero-order chi connectivity index (χ0) is 9.19. The maximum atomic E-state index is 11.0. The molecule has 0 amide bonds. The lowest BCUT2D eigenvalue weighted by Crippen LogP contribution is -2.21. The number of aliphatic hydroxyl groups excluding tert-OH is 1. The molecule has 1 unspecified atom stereocenters. The molecule has 72 valence electrons. The lowest BCUT2D eigenvalue weighted by Gasteiger charge is -2.14. The van der Waals surface area contributed by atoms with Gasteiger partial charge in [0.05, 0.1) is 17.6 Å². The van der Waals surface area contributed by atoms with Crippen molar-refractivity contribution in [1.82, 2.24) is 0 Å². The minimum absolute atomic E-state index is 0.00468. The summed E-state index contributed by atoms with van der Waals surface area (Å²) in [5.41, 5.74) is 0. The van der Waals surface area contributed by atoms with Crippen molar-refractivity contribution in [1.29, 1.82) is 0 Å². The largest absolute Gasteiger partial charge is 0.393 e. The highest BCUT2D eigenvalue weighted by Gasteiger charge is 2.32. The van der Waals surface area contributed by atoms with Crippen molar-refractivity contribution >= 4 is 9.84 Å². The summed E-state index contributed by atoms with van der Waals surface area (Å²) < 4.78 is 22.1. The van der Waals surface area contributed by atoms with Gasteiger partial charge in [0, 0.05) is 0 Å². The van der Waals surface area contributed by atoms with Crippen LogP contribution in [-0.2, 0) is 9.84 Å². The molecule has 4 heteroatoms. The molecule has 12 heavy (non-hydrogen) atoms. The molecular weight excluding hydrogens is 176 g/mol. The van der Waals surface area contributed by atoms with Gasteiger partial charge in [-0.25, -0.2) is 8.42 Å². The first-order valence-corrected chi connectivity index (χ1v) is 6.26. The van der Waals surface area contributed by atoms with Crippen molar-refractivity contribution in [2.75, 3.05) is 11.5 Å². The Hall–Kier alpha value is -0.0900. The topological polar surface area (TPSA) is 54.4 Å². The zero-order valence-corrected chi connectivity index (χ0v) is 8.18. The number of rotatable bonds is 3. The molecule has 1 rings (SSSR count). The standard InChI is InChI=1S/C8H16O3S/c1-2-3-8(9)7-4-5-12(10,11)6-7/h7-9H,2-6H2,1H3/t7?,8-/m1/s1. The van der Waals surface area contributed by atoms with Gasteiger partial charge in [-0.1, -0.05) is 13.3 Å². The highest BCUT2D eigenvalue weighted by molar-refractivity contribution is 7.91. The molecule has 0 aromatic heterocycles. The molecule has 1 aliphatic rings. The molecule has 0 aromatic carbocycles. The fourth-order valence-electron chi connectivity index (χ4n) is 1.66. The van der Waals surface area contributed by atoms with Crippen LogP contribution in [0.3, 0.4) is 0 Å². The van der Waals surface area contributed by atoms with Crippen LogP contribution < -0.4 is 0 Å². The Bertz CT molecular complexity index is 233. The van der Waals surface area contributed by atoms with Gasteiger partial charge in [0.15, 0.2) is 9.84 Å². The molecule has 0 radical (unpaired) electrons. The van der Waals surface area contributed by atoms with E-state index < -0.39 is 15.9 Å². The van der Waals surface area contributed by atoms with E-state index >= 15 is 0 Å². The summed E-state index contributed by atoms with van der Waals surface area (Å²) in [5, 5.41) is 9.52. The SMILES string of the molecule is CCC[C@@H](O)C1CCS(=O)(=O)C1. The monoisotopic (exact) mass is 192 g/mol. The Kier molecular flexibility index (Phi) is 3.12. The number of sulfone groups is 1. The molecule has 1 aliphatic heterocycles. The van der Waals surface area contributed by atoms with Crippen LogP contribution in [0.15, 0.2) is 0 Å². The van der Waals surface area contributed by atoms with E-state index in [2.05, 4.69) is 0 Å². The molecule has 0 aliphatic carbocycles. The summed E-state index contributed by atoms with van der Waals surface area (Å²) in [6, 6.07) is 0. The molecule has 0 bridgehead atoms. The molecule has 1 saturated heterocycles. The fraction of sp³-hybridized carbons (Fsp3) is 1.00. The molecule has 2 atom stereocenters. The Balaban J connectivity index is 2.46. The van der Waals surface area contributed by atoms with Crippen LogP contribution in [0.1, 0.15) is 26.2 Å². The average molecular weight is 192 g/mol. The molecule has 0 spiro atoms. The second kappa shape index (κ2) is 3.75. The number of hydrogen-bond donors (Lipinski definition) is 1. The van der Waals surface area contributed by atoms with Gasteiger partial charge in [-0.2, -0.15) is 0 Å². The third-order valence-corrected chi connectivity index (χ3v) is 4.19. The van der Waals surface area contributed by atoms with E-state index in [0.717, 1.165) is 12.8 Å². The highest BCUT2D eigenvalue weighted by Crippen LogP contribution is 2.23. The van der Waals surface area contributed by atoms with Crippen LogP contribution in [0.2, 0.25) is 0 Å². The molecule has 0 aromatic rings.